The molecule has 0 spiro atoms. The Morgan fingerprint density at radius 2 is 2.24 bits per heavy atom. The number of amides is 1. The maximum Gasteiger partial charge on any atom is 0.234 e. The monoisotopic (exact) mass is 240 g/mol. The predicted octanol–water partition coefficient (Wildman–Crippen LogP) is 0.882. The third kappa shape index (κ3) is 5.87. The second kappa shape index (κ2) is 6.85. The summed E-state index contributed by atoms with van der Waals surface area (Å²) in [7, 11) is 3.64. The van der Waals surface area contributed by atoms with E-state index in [2.05, 4.69) is 5.32 Å². The fourth-order valence-corrected chi connectivity index (χ4v) is 1.26. The Labute approximate surface area is 100 Å². The summed E-state index contributed by atoms with van der Waals surface area (Å²) in [5.41, 5.74) is 0. The van der Waals surface area contributed by atoms with E-state index in [4.69, 9.17) is 4.74 Å². The molecular weight excluding hydrogens is 223 g/mol. The summed E-state index contributed by atoms with van der Waals surface area (Å²) in [6.07, 6.45) is 0. The van der Waals surface area contributed by atoms with Gasteiger partial charge in [0.1, 0.15) is 18.2 Å². The summed E-state index contributed by atoms with van der Waals surface area (Å²) in [6.45, 7) is 1.08. The zero-order valence-electron chi connectivity index (χ0n) is 10.1. The molecule has 1 N–H and O–H groups in total. The van der Waals surface area contributed by atoms with Gasteiger partial charge in [-0.15, -0.1) is 0 Å². The second-order valence-corrected chi connectivity index (χ2v) is 3.89. The van der Waals surface area contributed by atoms with Gasteiger partial charge in [0, 0.05) is 6.07 Å². The van der Waals surface area contributed by atoms with Crippen molar-refractivity contribution in [1.29, 1.82) is 0 Å². The van der Waals surface area contributed by atoms with Gasteiger partial charge in [-0.05, 0) is 26.2 Å². The number of nitrogens with one attached hydrogen (secondary N) is 1. The summed E-state index contributed by atoms with van der Waals surface area (Å²) in [6, 6.07) is 5.91. The van der Waals surface area contributed by atoms with Gasteiger partial charge in [-0.25, -0.2) is 4.39 Å². The average Bonchev–Trinajstić information content (AvgIpc) is 2.23. The molecule has 0 bridgehead atoms. The summed E-state index contributed by atoms with van der Waals surface area (Å²) in [5.74, 6) is 0.0730. The van der Waals surface area contributed by atoms with Gasteiger partial charge in [0.2, 0.25) is 5.91 Å². The molecule has 0 saturated heterocycles. The van der Waals surface area contributed by atoms with E-state index in [1.165, 1.54) is 12.1 Å². The van der Waals surface area contributed by atoms with Gasteiger partial charge in [-0.2, -0.15) is 0 Å². The maximum atomic E-state index is 12.8. The van der Waals surface area contributed by atoms with Gasteiger partial charge < -0.3 is 15.0 Å². The van der Waals surface area contributed by atoms with Gasteiger partial charge in [0.05, 0.1) is 13.1 Å². The van der Waals surface area contributed by atoms with Crippen molar-refractivity contribution < 1.29 is 13.9 Å². The maximum absolute atomic E-state index is 12.8. The number of likely N-dealkylation sites (N-methyl/N-ethyl adjacent to an activating group) is 1. The van der Waals surface area contributed by atoms with Crippen LogP contribution >= 0.6 is 0 Å². The minimum Gasteiger partial charge on any atom is -0.492 e. The second-order valence-electron chi connectivity index (χ2n) is 3.89. The van der Waals surface area contributed by atoms with Crippen molar-refractivity contribution in [2.24, 2.45) is 0 Å². The molecule has 0 aliphatic rings. The van der Waals surface area contributed by atoms with Crippen molar-refractivity contribution >= 4 is 5.91 Å². The molecule has 0 aliphatic carbocycles. The van der Waals surface area contributed by atoms with E-state index in [-0.39, 0.29) is 11.7 Å². The van der Waals surface area contributed by atoms with Crippen LogP contribution in [0.3, 0.4) is 0 Å². The van der Waals surface area contributed by atoms with Gasteiger partial charge in [0.25, 0.3) is 0 Å². The lowest BCUT2D eigenvalue weighted by Gasteiger charge is -2.10. The molecule has 1 aromatic carbocycles. The molecule has 1 rings (SSSR count). The Morgan fingerprint density at radius 1 is 1.47 bits per heavy atom. The number of carbonyl (C=O) groups is 1. The van der Waals surface area contributed by atoms with E-state index in [0.29, 0.717) is 25.4 Å². The molecule has 0 aliphatic heterocycles. The predicted molar refractivity (Wildman–Crippen MR) is 63.5 cm³/mol. The highest BCUT2D eigenvalue weighted by atomic mass is 19.1. The molecule has 0 aromatic heterocycles. The van der Waals surface area contributed by atoms with Crippen molar-refractivity contribution in [1.82, 2.24) is 10.2 Å². The Bertz CT molecular complexity index is 369. The van der Waals surface area contributed by atoms with E-state index in [1.807, 2.05) is 14.1 Å². The van der Waals surface area contributed by atoms with E-state index >= 15 is 0 Å². The molecule has 1 aromatic rings. The topological polar surface area (TPSA) is 41.6 Å². The van der Waals surface area contributed by atoms with Crippen LogP contribution in [0.2, 0.25) is 0 Å². The van der Waals surface area contributed by atoms with Gasteiger partial charge >= 0.3 is 0 Å². The standard InChI is InChI=1S/C12H17FN2O2/c1-15(2)9-12(16)14-6-7-17-11-5-3-4-10(13)8-11/h3-5,8H,6-7,9H2,1-2H3,(H,14,16). The normalized spacial score (nSPS) is 10.4. The zero-order valence-corrected chi connectivity index (χ0v) is 10.1. The van der Waals surface area contributed by atoms with Crippen molar-refractivity contribution in [3.05, 3.63) is 30.1 Å². The summed E-state index contributed by atoms with van der Waals surface area (Å²) in [4.78, 5) is 13.0. The number of benzene rings is 1. The summed E-state index contributed by atoms with van der Waals surface area (Å²) < 4.78 is 18.1. The first kappa shape index (κ1) is 13.4. The average molecular weight is 240 g/mol. The molecule has 0 unspecified atom stereocenters. The third-order valence-corrected chi connectivity index (χ3v) is 1.95. The highest BCUT2D eigenvalue weighted by Crippen LogP contribution is 2.11. The van der Waals surface area contributed by atoms with Gasteiger partial charge in [0.15, 0.2) is 0 Å². The zero-order chi connectivity index (χ0) is 12.7. The highest BCUT2D eigenvalue weighted by molar-refractivity contribution is 5.77. The largest absolute Gasteiger partial charge is 0.492 e. The lowest BCUT2D eigenvalue weighted by atomic mass is 10.3. The first-order chi connectivity index (χ1) is 8.08. The van der Waals surface area contributed by atoms with E-state index in [0.717, 1.165) is 0 Å². The fraction of sp³-hybridized carbons (Fsp3) is 0.417. The Hall–Kier alpha value is -1.62. The Balaban J connectivity index is 2.18. The molecule has 0 saturated carbocycles. The molecule has 0 atom stereocenters. The van der Waals surface area contributed by atoms with E-state index in [9.17, 15) is 9.18 Å². The number of ether oxygens (including phenoxy) is 1. The lowest BCUT2D eigenvalue weighted by molar-refractivity contribution is -0.121. The van der Waals surface area contributed by atoms with Crippen LogP contribution in [-0.4, -0.2) is 44.6 Å². The SMILES string of the molecule is CN(C)CC(=O)NCCOc1cccc(F)c1. The Kier molecular flexibility index (Phi) is 5.42. The van der Waals surface area contributed by atoms with Crippen molar-refractivity contribution in [2.75, 3.05) is 33.8 Å². The molecule has 1 amide bonds. The number of rotatable bonds is 6. The minimum absolute atomic E-state index is 0.0576. The van der Waals surface area contributed by atoms with Crippen molar-refractivity contribution in [3.63, 3.8) is 0 Å². The first-order valence-corrected chi connectivity index (χ1v) is 5.38. The fourth-order valence-electron chi connectivity index (χ4n) is 1.26. The van der Waals surface area contributed by atoms with Crippen molar-refractivity contribution in [3.8, 4) is 5.75 Å². The van der Waals surface area contributed by atoms with Crippen LogP contribution in [0.15, 0.2) is 24.3 Å². The van der Waals surface area contributed by atoms with E-state index < -0.39 is 0 Å². The number of hydrogen-bond donors (Lipinski definition) is 1. The van der Waals surface area contributed by atoms with Crippen LogP contribution in [0.1, 0.15) is 0 Å². The van der Waals surface area contributed by atoms with Crippen molar-refractivity contribution in [2.45, 2.75) is 0 Å². The van der Waals surface area contributed by atoms with Gasteiger partial charge in [-0.1, -0.05) is 6.07 Å². The van der Waals surface area contributed by atoms with Crippen LogP contribution in [0.25, 0.3) is 0 Å². The molecule has 94 valence electrons. The summed E-state index contributed by atoms with van der Waals surface area (Å²) in [5, 5.41) is 2.70. The summed E-state index contributed by atoms with van der Waals surface area (Å²) >= 11 is 0. The molecule has 0 radical (unpaired) electrons. The number of carbonyl (C=O) groups excluding carboxylic acids is 1. The quantitative estimate of drug-likeness (QED) is 0.751. The Morgan fingerprint density at radius 3 is 2.88 bits per heavy atom. The molecule has 0 heterocycles. The van der Waals surface area contributed by atoms with Gasteiger partial charge in [-0.3, -0.25) is 4.79 Å². The molecule has 4 nitrogen and oxygen atoms in total. The van der Waals surface area contributed by atoms with Crippen LogP contribution in [0.5, 0.6) is 5.75 Å². The first-order valence-electron chi connectivity index (χ1n) is 5.38. The van der Waals surface area contributed by atoms with Crippen LogP contribution < -0.4 is 10.1 Å². The molecule has 0 fully saturated rings. The number of halogens is 1. The lowest BCUT2D eigenvalue weighted by Crippen LogP contribution is -2.35. The molecular formula is C12H17FN2O2. The third-order valence-electron chi connectivity index (χ3n) is 1.95. The highest BCUT2D eigenvalue weighted by Gasteiger charge is 2.01. The molecule has 5 heteroatoms. The van der Waals surface area contributed by atoms with E-state index in [1.54, 1.807) is 17.0 Å². The van der Waals surface area contributed by atoms with Crippen LogP contribution in [-0.2, 0) is 4.79 Å². The van der Waals surface area contributed by atoms with Crippen LogP contribution in [0.4, 0.5) is 4.39 Å². The molecule has 17 heavy (non-hydrogen) atoms. The smallest absolute Gasteiger partial charge is 0.234 e. The number of nitrogens with zero attached hydrogens (tertiary/aromatic N) is 1. The number of hydrogen-bond acceptors (Lipinski definition) is 3. The minimum atomic E-state index is -0.334. The van der Waals surface area contributed by atoms with Crippen LogP contribution in [0, 0.1) is 5.82 Å².